The number of pyridine rings is 1. The second-order valence-corrected chi connectivity index (χ2v) is 8.47. The monoisotopic (exact) mass is 452 g/mol. The molecule has 0 spiro atoms. The van der Waals surface area contributed by atoms with E-state index in [1.165, 1.54) is 0 Å². The average Bonchev–Trinajstić information content (AvgIpc) is 3.25. The lowest BCUT2D eigenvalue weighted by atomic mass is 9.89. The first-order chi connectivity index (χ1) is 13.7. The number of fused-ring (bicyclic) bond motifs is 1. The van der Waals surface area contributed by atoms with Crippen molar-refractivity contribution in [2.45, 2.75) is 25.7 Å². The van der Waals surface area contributed by atoms with Crippen molar-refractivity contribution in [3.8, 4) is 22.4 Å². The van der Waals surface area contributed by atoms with Gasteiger partial charge in [-0.15, -0.1) is 11.3 Å². The minimum atomic E-state index is -0.147. The smallest absolute Gasteiger partial charge is 0.233 e. The fraction of sp³-hybridized carbons (Fsp3) is 0.227. The Bertz CT molecular complexity index is 1050. The summed E-state index contributed by atoms with van der Waals surface area (Å²) in [7, 11) is 0. The number of rotatable bonds is 5. The van der Waals surface area contributed by atoms with Gasteiger partial charge in [-0.05, 0) is 54.8 Å². The van der Waals surface area contributed by atoms with Crippen molar-refractivity contribution >= 4 is 33.0 Å². The van der Waals surface area contributed by atoms with Gasteiger partial charge in [0.2, 0.25) is 5.88 Å². The molecule has 0 aliphatic heterocycles. The molecule has 28 heavy (non-hydrogen) atoms. The summed E-state index contributed by atoms with van der Waals surface area (Å²) in [5, 5.41) is 11.9. The lowest BCUT2D eigenvalue weighted by Crippen LogP contribution is -2.16. The van der Waals surface area contributed by atoms with Crippen LogP contribution in [0.2, 0.25) is 0 Å². The van der Waals surface area contributed by atoms with E-state index < -0.39 is 0 Å². The quantitative estimate of drug-likeness (QED) is 0.473. The lowest BCUT2D eigenvalue weighted by molar-refractivity contribution is 0.0917. The van der Waals surface area contributed by atoms with Crippen molar-refractivity contribution in [1.82, 2.24) is 4.98 Å². The molecule has 1 aliphatic carbocycles. The highest BCUT2D eigenvalue weighted by Gasteiger charge is 2.24. The standard InChI is InChI=1S/C22H17BrN2O2S/c23-15-9-7-14(8-10-15)19(26)13-27-22-17(12-24)21(20-6-3-11-28-20)16-4-1-2-5-18(16)25-22/h3,6-11H,1-2,4-5,13H2. The van der Waals surface area contributed by atoms with Crippen LogP contribution in [0.3, 0.4) is 0 Å². The van der Waals surface area contributed by atoms with E-state index in [0.717, 1.165) is 51.9 Å². The summed E-state index contributed by atoms with van der Waals surface area (Å²) in [5.74, 6) is 0.116. The molecule has 1 aliphatic rings. The summed E-state index contributed by atoms with van der Waals surface area (Å²) in [6.07, 6.45) is 3.96. The largest absolute Gasteiger partial charge is 0.468 e. The first-order valence-corrected chi connectivity index (χ1v) is 10.8. The van der Waals surface area contributed by atoms with Crippen molar-refractivity contribution in [3.63, 3.8) is 0 Å². The van der Waals surface area contributed by atoms with Crippen molar-refractivity contribution in [2.75, 3.05) is 6.61 Å². The summed E-state index contributed by atoms with van der Waals surface area (Å²) in [6.45, 7) is -0.147. The normalized spacial score (nSPS) is 12.9. The van der Waals surface area contributed by atoms with E-state index in [0.29, 0.717) is 11.1 Å². The summed E-state index contributed by atoms with van der Waals surface area (Å²) < 4.78 is 6.70. The van der Waals surface area contributed by atoms with Gasteiger partial charge in [0.1, 0.15) is 11.6 Å². The van der Waals surface area contributed by atoms with Crippen LogP contribution in [0, 0.1) is 11.3 Å². The van der Waals surface area contributed by atoms with Gasteiger partial charge in [-0.25, -0.2) is 4.98 Å². The summed E-state index contributed by atoms with van der Waals surface area (Å²) in [6, 6.07) is 13.4. The zero-order valence-electron chi connectivity index (χ0n) is 15.1. The lowest BCUT2D eigenvalue weighted by Gasteiger charge is -2.21. The molecule has 4 rings (SSSR count). The maximum absolute atomic E-state index is 12.5. The minimum absolute atomic E-state index is 0.145. The number of thiophene rings is 1. The Morgan fingerprint density at radius 1 is 1.21 bits per heavy atom. The molecule has 3 aromatic rings. The Labute approximate surface area is 175 Å². The zero-order chi connectivity index (χ0) is 19.5. The molecular formula is C22H17BrN2O2S. The van der Waals surface area contributed by atoms with Crippen LogP contribution in [-0.2, 0) is 12.8 Å². The van der Waals surface area contributed by atoms with Crippen molar-refractivity contribution in [2.24, 2.45) is 0 Å². The Morgan fingerprint density at radius 2 is 2.00 bits per heavy atom. The molecule has 140 valence electrons. The van der Waals surface area contributed by atoms with Crippen molar-refractivity contribution in [1.29, 1.82) is 5.26 Å². The minimum Gasteiger partial charge on any atom is -0.468 e. The van der Waals surface area contributed by atoms with E-state index >= 15 is 0 Å². The van der Waals surface area contributed by atoms with Gasteiger partial charge in [0, 0.05) is 26.2 Å². The fourth-order valence-electron chi connectivity index (χ4n) is 3.47. The topological polar surface area (TPSA) is 63.0 Å². The van der Waals surface area contributed by atoms with Gasteiger partial charge in [-0.2, -0.15) is 5.26 Å². The van der Waals surface area contributed by atoms with Gasteiger partial charge in [0.25, 0.3) is 0 Å². The number of benzene rings is 1. The molecule has 0 saturated carbocycles. The average molecular weight is 453 g/mol. The van der Waals surface area contributed by atoms with Crippen molar-refractivity contribution < 1.29 is 9.53 Å². The van der Waals surface area contributed by atoms with Gasteiger partial charge in [-0.3, -0.25) is 4.79 Å². The number of nitrogens with zero attached hydrogens (tertiary/aromatic N) is 2. The van der Waals surface area contributed by atoms with E-state index in [9.17, 15) is 10.1 Å². The third-order valence-corrected chi connectivity index (χ3v) is 6.24. The van der Waals surface area contributed by atoms with Crippen LogP contribution >= 0.6 is 27.3 Å². The molecule has 0 atom stereocenters. The number of Topliss-reactive ketones (excluding diaryl/α,β-unsaturated/α-hetero) is 1. The van der Waals surface area contributed by atoms with Crippen LogP contribution in [0.5, 0.6) is 5.88 Å². The second-order valence-electron chi connectivity index (χ2n) is 6.61. The highest BCUT2D eigenvalue weighted by atomic mass is 79.9. The SMILES string of the molecule is N#Cc1c(OCC(=O)c2ccc(Br)cc2)nc2c(c1-c1cccs1)CCCC2. The van der Waals surface area contributed by atoms with E-state index in [1.807, 2.05) is 29.6 Å². The van der Waals surface area contributed by atoms with Crippen LogP contribution in [0.1, 0.15) is 40.0 Å². The Balaban J connectivity index is 1.69. The number of halogens is 1. The van der Waals surface area contributed by atoms with Crippen molar-refractivity contribution in [3.05, 3.63) is 68.6 Å². The number of carbonyl (C=O) groups excluding carboxylic acids is 1. The molecule has 0 bridgehead atoms. The number of ether oxygens (including phenoxy) is 1. The number of aryl methyl sites for hydroxylation is 1. The van der Waals surface area contributed by atoms with Crippen LogP contribution in [0.25, 0.3) is 10.4 Å². The molecule has 0 N–H and O–H groups in total. The first kappa shape index (κ1) is 18.9. The third kappa shape index (κ3) is 3.73. The zero-order valence-corrected chi connectivity index (χ0v) is 17.5. The molecule has 0 unspecified atom stereocenters. The van der Waals surface area contributed by atoms with Gasteiger partial charge >= 0.3 is 0 Å². The third-order valence-electron chi connectivity index (χ3n) is 4.83. The maximum atomic E-state index is 12.5. The number of hydrogen-bond acceptors (Lipinski definition) is 5. The van der Waals surface area contributed by atoms with E-state index in [4.69, 9.17) is 4.74 Å². The number of ketones is 1. The van der Waals surface area contributed by atoms with Gasteiger partial charge in [-0.1, -0.05) is 34.1 Å². The molecule has 2 aromatic heterocycles. The van der Waals surface area contributed by atoms with Crippen LogP contribution in [-0.4, -0.2) is 17.4 Å². The molecule has 1 aromatic carbocycles. The Morgan fingerprint density at radius 3 is 2.71 bits per heavy atom. The van der Waals surface area contributed by atoms with E-state index in [-0.39, 0.29) is 18.3 Å². The number of hydrogen-bond donors (Lipinski definition) is 0. The predicted octanol–water partition coefficient (Wildman–Crippen LogP) is 5.58. The summed E-state index contributed by atoms with van der Waals surface area (Å²) in [4.78, 5) is 18.2. The van der Waals surface area contributed by atoms with Crippen LogP contribution < -0.4 is 4.74 Å². The van der Waals surface area contributed by atoms with E-state index in [1.54, 1.807) is 23.5 Å². The molecule has 0 amide bonds. The van der Waals surface area contributed by atoms with Gasteiger partial charge < -0.3 is 4.74 Å². The highest BCUT2D eigenvalue weighted by molar-refractivity contribution is 9.10. The molecule has 2 heterocycles. The summed E-state index contributed by atoms with van der Waals surface area (Å²) in [5.41, 5.74) is 4.05. The molecule has 0 radical (unpaired) electrons. The Hall–Kier alpha value is -2.49. The molecule has 6 heteroatoms. The molecule has 0 fully saturated rings. The van der Waals surface area contributed by atoms with Crippen LogP contribution in [0.4, 0.5) is 0 Å². The number of carbonyl (C=O) groups is 1. The Kier molecular flexibility index (Phi) is 5.56. The fourth-order valence-corrected chi connectivity index (χ4v) is 4.54. The number of aromatic nitrogens is 1. The molecular weight excluding hydrogens is 436 g/mol. The van der Waals surface area contributed by atoms with Gasteiger partial charge in [0.05, 0.1) is 0 Å². The molecule has 0 saturated heterocycles. The molecule has 4 nitrogen and oxygen atoms in total. The second kappa shape index (κ2) is 8.26. The predicted molar refractivity (Wildman–Crippen MR) is 113 cm³/mol. The number of nitriles is 1. The maximum Gasteiger partial charge on any atom is 0.233 e. The highest BCUT2D eigenvalue weighted by Crippen LogP contribution is 2.39. The van der Waals surface area contributed by atoms with E-state index in [2.05, 4.69) is 27.0 Å². The first-order valence-electron chi connectivity index (χ1n) is 9.08. The summed E-state index contributed by atoms with van der Waals surface area (Å²) >= 11 is 4.97. The van der Waals surface area contributed by atoms with Gasteiger partial charge in [0.15, 0.2) is 12.4 Å². The van der Waals surface area contributed by atoms with Crippen LogP contribution in [0.15, 0.2) is 46.3 Å².